The Kier molecular flexibility index (Phi) is 6.12. The Labute approximate surface area is 167 Å². The number of piperazine rings is 1. The van der Waals surface area contributed by atoms with Gasteiger partial charge in [-0.2, -0.15) is 9.97 Å². The summed E-state index contributed by atoms with van der Waals surface area (Å²) in [6.07, 6.45) is 1.44. The smallest absolute Gasteiger partial charge is 0.410 e. The summed E-state index contributed by atoms with van der Waals surface area (Å²) in [7, 11) is 2.13. The van der Waals surface area contributed by atoms with Crippen LogP contribution >= 0.6 is 0 Å². The number of nitrogens with two attached hydrogens (primary N) is 1. The Morgan fingerprint density at radius 3 is 2.39 bits per heavy atom. The summed E-state index contributed by atoms with van der Waals surface area (Å²) in [6, 6.07) is 2.22. The second kappa shape index (κ2) is 8.38. The summed E-state index contributed by atoms with van der Waals surface area (Å²) in [5.74, 6) is 1.90. The van der Waals surface area contributed by atoms with E-state index in [1.165, 1.54) is 0 Å². The first-order valence-electron chi connectivity index (χ1n) is 10.0. The molecule has 0 aromatic carbocycles. The number of nitrogens with zero attached hydrogens (tertiary/aromatic N) is 5. The maximum Gasteiger partial charge on any atom is 0.410 e. The monoisotopic (exact) mass is 391 g/mol. The molecule has 0 saturated carbocycles. The average molecular weight is 392 g/mol. The van der Waals surface area contributed by atoms with Gasteiger partial charge in [-0.05, 0) is 40.7 Å². The molecule has 1 aromatic heterocycles. The minimum Gasteiger partial charge on any atom is -0.444 e. The zero-order valence-corrected chi connectivity index (χ0v) is 17.4. The molecule has 0 bridgehead atoms. The molecule has 28 heavy (non-hydrogen) atoms. The highest BCUT2D eigenvalue weighted by Gasteiger charge is 2.27. The number of hydrogen-bond acceptors (Lipinski definition) is 8. The highest BCUT2D eigenvalue weighted by Crippen LogP contribution is 2.22. The van der Waals surface area contributed by atoms with Crippen LogP contribution in [0.2, 0.25) is 0 Å². The molecule has 0 spiro atoms. The van der Waals surface area contributed by atoms with Gasteiger partial charge in [0.15, 0.2) is 0 Å². The van der Waals surface area contributed by atoms with Crippen LogP contribution in [0.1, 0.15) is 33.6 Å². The van der Waals surface area contributed by atoms with Crippen molar-refractivity contribution in [2.45, 2.75) is 45.3 Å². The molecular weight excluding hydrogens is 358 g/mol. The van der Waals surface area contributed by atoms with E-state index in [-0.39, 0.29) is 18.1 Å². The van der Waals surface area contributed by atoms with E-state index in [0.717, 1.165) is 50.7 Å². The molecule has 9 nitrogen and oxygen atoms in total. The minimum absolute atomic E-state index is 0.241. The molecule has 0 unspecified atom stereocenters. The number of carbonyl (C=O) groups excluding carboxylic acids is 1. The molecule has 3 rings (SSSR count). The first-order valence-corrected chi connectivity index (χ1v) is 10.0. The molecule has 2 aliphatic rings. The summed E-state index contributed by atoms with van der Waals surface area (Å²) in [6.45, 7) is 10.9. The summed E-state index contributed by atoms with van der Waals surface area (Å²) < 4.78 is 5.46. The predicted octanol–water partition coefficient (Wildman–Crippen LogP) is 1.62. The SMILES string of the molecule is CN1CCN(c2cc(NC3CCN(C(=O)OC(C)(C)C)CC3)nc(N)n2)CC1. The summed E-state index contributed by atoms with van der Waals surface area (Å²) in [4.78, 5) is 27.3. The van der Waals surface area contributed by atoms with Gasteiger partial charge in [-0.15, -0.1) is 0 Å². The van der Waals surface area contributed by atoms with E-state index in [0.29, 0.717) is 13.1 Å². The minimum atomic E-state index is -0.468. The van der Waals surface area contributed by atoms with E-state index in [4.69, 9.17) is 10.5 Å². The molecular formula is C19H33N7O2. The lowest BCUT2D eigenvalue weighted by molar-refractivity contribution is 0.0210. The Balaban J connectivity index is 1.55. The lowest BCUT2D eigenvalue weighted by Crippen LogP contribution is -2.45. The molecule has 0 aliphatic carbocycles. The number of nitrogen functional groups attached to an aromatic ring is 1. The van der Waals surface area contributed by atoms with Crippen LogP contribution in [-0.4, -0.2) is 83.8 Å². The summed E-state index contributed by atoms with van der Waals surface area (Å²) in [5, 5.41) is 3.47. The zero-order chi connectivity index (χ0) is 20.3. The van der Waals surface area contributed by atoms with Crippen molar-refractivity contribution in [2.24, 2.45) is 0 Å². The van der Waals surface area contributed by atoms with Crippen LogP contribution in [0, 0.1) is 0 Å². The van der Waals surface area contributed by atoms with E-state index >= 15 is 0 Å². The Bertz CT molecular complexity index is 675. The van der Waals surface area contributed by atoms with Gasteiger partial charge < -0.3 is 30.5 Å². The number of likely N-dealkylation sites (tertiary alicyclic amines) is 1. The third kappa shape index (κ3) is 5.60. The molecule has 0 radical (unpaired) electrons. The lowest BCUT2D eigenvalue weighted by atomic mass is 10.1. The van der Waals surface area contributed by atoms with Gasteiger partial charge >= 0.3 is 6.09 Å². The second-order valence-corrected chi connectivity index (χ2v) is 8.65. The van der Waals surface area contributed by atoms with Crippen molar-refractivity contribution in [2.75, 3.05) is 62.3 Å². The fourth-order valence-electron chi connectivity index (χ4n) is 3.47. The van der Waals surface area contributed by atoms with Crippen molar-refractivity contribution in [3.05, 3.63) is 6.07 Å². The Morgan fingerprint density at radius 1 is 1.14 bits per heavy atom. The van der Waals surface area contributed by atoms with E-state index in [9.17, 15) is 4.79 Å². The molecule has 2 saturated heterocycles. The van der Waals surface area contributed by atoms with Gasteiger partial charge in [0.25, 0.3) is 0 Å². The molecule has 3 N–H and O–H groups in total. The molecule has 3 heterocycles. The highest BCUT2D eigenvalue weighted by molar-refractivity contribution is 5.68. The number of amides is 1. The largest absolute Gasteiger partial charge is 0.444 e. The summed E-state index contributed by atoms with van der Waals surface area (Å²) in [5.41, 5.74) is 5.48. The number of likely N-dealkylation sites (N-methyl/N-ethyl adjacent to an activating group) is 1. The van der Waals surface area contributed by atoms with Gasteiger partial charge in [-0.1, -0.05) is 0 Å². The quantitative estimate of drug-likeness (QED) is 0.802. The van der Waals surface area contributed by atoms with Gasteiger partial charge in [-0.3, -0.25) is 0 Å². The number of anilines is 3. The average Bonchev–Trinajstić information content (AvgIpc) is 2.61. The number of piperidine rings is 1. The molecule has 2 aliphatic heterocycles. The van der Waals surface area contributed by atoms with Crippen molar-refractivity contribution < 1.29 is 9.53 Å². The first kappa shape index (κ1) is 20.4. The number of aromatic nitrogens is 2. The second-order valence-electron chi connectivity index (χ2n) is 8.65. The van der Waals surface area contributed by atoms with Gasteiger partial charge in [0.1, 0.15) is 17.2 Å². The van der Waals surface area contributed by atoms with Crippen molar-refractivity contribution in [1.29, 1.82) is 0 Å². The van der Waals surface area contributed by atoms with Gasteiger partial charge in [-0.25, -0.2) is 4.79 Å². The lowest BCUT2D eigenvalue weighted by Gasteiger charge is -2.34. The molecule has 1 amide bonds. The van der Waals surface area contributed by atoms with Crippen molar-refractivity contribution in [1.82, 2.24) is 19.8 Å². The van der Waals surface area contributed by atoms with E-state index in [2.05, 4.69) is 32.1 Å². The molecule has 9 heteroatoms. The van der Waals surface area contributed by atoms with Gasteiger partial charge in [0, 0.05) is 51.4 Å². The third-order valence-corrected chi connectivity index (χ3v) is 5.06. The molecule has 0 atom stereocenters. The van der Waals surface area contributed by atoms with Crippen LogP contribution in [0.25, 0.3) is 0 Å². The fraction of sp³-hybridized carbons (Fsp3) is 0.737. The normalized spacial score (nSPS) is 19.6. The standard InChI is InChI=1S/C19H33N7O2/c1-19(2,3)28-18(27)26-7-5-14(6-8-26)21-15-13-16(23-17(20)22-15)25-11-9-24(4)10-12-25/h13-14H,5-12H2,1-4H3,(H3,20,21,22,23). The number of nitrogens with one attached hydrogen (secondary N) is 1. The van der Waals surface area contributed by atoms with E-state index < -0.39 is 5.60 Å². The Morgan fingerprint density at radius 2 is 1.79 bits per heavy atom. The topological polar surface area (TPSA) is 99.8 Å². The third-order valence-electron chi connectivity index (χ3n) is 5.06. The van der Waals surface area contributed by atoms with Crippen LogP contribution in [-0.2, 0) is 4.74 Å². The van der Waals surface area contributed by atoms with Crippen LogP contribution in [0.15, 0.2) is 6.07 Å². The highest BCUT2D eigenvalue weighted by atomic mass is 16.6. The number of carbonyl (C=O) groups is 1. The maximum absolute atomic E-state index is 12.2. The maximum atomic E-state index is 12.2. The molecule has 2 fully saturated rings. The van der Waals surface area contributed by atoms with Crippen molar-refractivity contribution in [3.8, 4) is 0 Å². The molecule has 1 aromatic rings. The first-order chi connectivity index (χ1) is 13.2. The predicted molar refractivity (Wildman–Crippen MR) is 111 cm³/mol. The number of ether oxygens (including phenoxy) is 1. The van der Waals surface area contributed by atoms with Gasteiger partial charge in [0.05, 0.1) is 0 Å². The number of hydrogen-bond donors (Lipinski definition) is 2. The van der Waals surface area contributed by atoms with Crippen LogP contribution in [0.4, 0.5) is 22.4 Å². The fourth-order valence-corrected chi connectivity index (χ4v) is 3.47. The van der Waals surface area contributed by atoms with Crippen LogP contribution in [0.3, 0.4) is 0 Å². The van der Waals surface area contributed by atoms with Gasteiger partial charge in [0.2, 0.25) is 5.95 Å². The molecule has 156 valence electrons. The zero-order valence-electron chi connectivity index (χ0n) is 17.4. The van der Waals surface area contributed by atoms with E-state index in [1.807, 2.05) is 26.8 Å². The van der Waals surface area contributed by atoms with Crippen molar-refractivity contribution >= 4 is 23.7 Å². The van der Waals surface area contributed by atoms with Crippen LogP contribution < -0.4 is 16.0 Å². The van der Waals surface area contributed by atoms with Crippen molar-refractivity contribution in [3.63, 3.8) is 0 Å². The number of rotatable bonds is 3. The van der Waals surface area contributed by atoms with E-state index in [1.54, 1.807) is 4.90 Å². The summed E-state index contributed by atoms with van der Waals surface area (Å²) >= 11 is 0. The van der Waals surface area contributed by atoms with Crippen LogP contribution in [0.5, 0.6) is 0 Å². The Hall–Kier alpha value is -2.29.